The van der Waals surface area contributed by atoms with Gasteiger partial charge < -0.3 is 4.74 Å². The molecule has 0 aliphatic heterocycles. The molecule has 2 rings (SSSR count). The summed E-state index contributed by atoms with van der Waals surface area (Å²) in [4.78, 5) is 20.8. The summed E-state index contributed by atoms with van der Waals surface area (Å²) in [5.74, 6) is -0.884. The van der Waals surface area contributed by atoms with Crippen LogP contribution < -0.4 is 4.74 Å². The SMILES string of the molecule is O=Cc1cccc(F)c1Oc1ccc([N+](=O)[O-])c(Cl)c1. The van der Waals surface area contributed by atoms with E-state index in [1.165, 1.54) is 24.3 Å². The van der Waals surface area contributed by atoms with Crippen molar-refractivity contribution in [2.75, 3.05) is 0 Å². The first kappa shape index (κ1) is 14.0. The van der Waals surface area contributed by atoms with Crippen LogP contribution in [0.25, 0.3) is 0 Å². The maximum atomic E-state index is 13.6. The second-order valence-corrected chi connectivity index (χ2v) is 4.16. The lowest BCUT2D eigenvalue weighted by Crippen LogP contribution is -1.95. The van der Waals surface area contributed by atoms with Crippen LogP contribution in [-0.2, 0) is 0 Å². The summed E-state index contributed by atoms with van der Waals surface area (Å²) < 4.78 is 18.8. The largest absolute Gasteiger partial charge is 0.453 e. The monoisotopic (exact) mass is 295 g/mol. The minimum atomic E-state index is -0.718. The molecule has 0 heterocycles. The number of nitro benzene ring substituents is 1. The van der Waals surface area contributed by atoms with Crippen molar-refractivity contribution in [2.45, 2.75) is 0 Å². The first-order valence-electron chi connectivity index (χ1n) is 5.38. The Morgan fingerprint density at radius 2 is 2.05 bits per heavy atom. The number of hydrogen-bond acceptors (Lipinski definition) is 4. The van der Waals surface area contributed by atoms with Gasteiger partial charge in [-0.3, -0.25) is 14.9 Å². The second kappa shape index (κ2) is 5.66. The fourth-order valence-corrected chi connectivity index (χ4v) is 1.78. The van der Waals surface area contributed by atoms with Gasteiger partial charge in [0.2, 0.25) is 0 Å². The minimum absolute atomic E-state index is 0.0273. The number of aldehydes is 1. The summed E-state index contributed by atoms with van der Waals surface area (Å²) in [6, 6.07) is 7.48. The molecule has 2 aromatic rings. The van der Waals surface area contributed by atoms with Crippen LogP contribution in [0.1, 0.15) is 10.4 Å². The standard InChI is InChI=1S/C13H7ClFNO4/c14-10-6-9(4-5-12(10)16(18)19)20-13-8(7-17)2-1-3-11(13)15/h1-7H. The van der Waals surface area contributed by atoms with E-state index in [0.717, 1.165) is 12.1 Å². The molecule has 0 aliphatic rings. The molecule has 0 amide bonds. The van der Waals surface area contributed by atoms with E-state index in [9.17, 15) is 19.3 Å². The van der Waals surface area contributed by atoms with Crippen molar-refractivity contribution >= 4 is 23.6 Å². The van der Waals surface area contributed by atoms with Crippen LogP contribution in [0.15, 0.2) is 36.4 Å². The van der Waals surface area contributed by atoms with E-state index in [1.807, 2.05) is 0 Å². The average molecular weight is 296 g/mol. The maximum absolute atomic E-state index is 13.6. The lowest BCUT2D eigenvalue weighted by Gasteiger charge is -2.09. The number of benzene rings is 2. The Bertz CT molecular complexity index is 690. The molecule has 0 aliphatic carbocycles. The van der Waals surface area contributed by atoms with Crippen molar-refractivity contribution in [3.8, 4) is 11.5 Å². The van der Waals surface area contributed by atoms with Crippen LogP contribution in [0.3, 0.4) is 0 Å². The van der Waals surface area contributed by atoms with Gasteiger partial charge in [-0.25, -0.2) is 4.39 Å². The summed E-state index contributed by atoms with van der Waals surface area (Å²) in [7, 11) is 0. The molecule has 0 fully saturated rings. The fourth-order valence-electron chi connectivity index (χ4n) is 1.54. The minimum Gasteiger partial charge on any atom is -0.453 e. The zero-order valence-electron chi connectivity index (χ0n) is 9.88. The smallest absolute Gasteiger partial charge is 0.288 e. The molecular weight excluding hydrogens is 289 g/mol. The van der Waals surface area contributed by atoms with Crippen LogP contribution in [0.2, 0.25) is 5.02 Å². The van der Waals surface area contributed by atoms with E-state index in [1.54, 1.807) is 0 Å². The third kappa shape index (κ3) is 2.75. The molecule has 0 atom stereocenters. The van der Waals surface area contributed by atoms with E-state index in [2.05, 4.69) is 0 Å². The number of carbonyl (C=O) groups excluding carboxylic acids is 1. The zero-order chi connectivity index (χ0) is 14.7. The molecule has 0 N–H and O–H groups in total. The Morgan fingerprint density at radius 3 is 2.65 bits per heavy atom. The van der Waals surface area contributed by atoms with Crippen LogP contribution >= 0.6 is 11.6 Å². The van der Waals surface area contributed by atoms with Crippen LogP contribution in [0.4, 0.5) is 10.1 Å². The van der Waals surface area contributed by atoms with Gasteiger partial charge in [0.25, 0.3) is 5.69 Å². The van der Waals surface area contributed by atoms with Gasteiger partial charge in [0.1, 0.15) is 10.8 Å². The van der Waals surface area contributed by atoms with Crippen LogP contribution in [0.5, 0.6) is 11.5 Å². The van der Waals surface area contributed by atoms with Crippen molar-refractivity contribution in [3.05, 3.63) is 62.9 Å². The van der Waals surface area contributed by atoms with Crippen molar-refractivity contribution < 1.29 is 18.8 Å². The highest BCUT2D eigenvalue weighted by Gasteiger charge is 2.15. The Labute approximate surface area is 117 Å². The van der Waals surface area contributed by atoms with Gasteiger partial charge in [-0.1, -0.05) is 17.7 Å². The molecule has 0 saturated carbocycles. The first-order valence-corrected chi connectivity index (χ1v) is 5.76. The van der Waals surface area contributed by atoms with E-state index >= 15 is 0 Å². The van der Waals surface area contributed by atoms with Crippen molar-refractivity contribution in [3.63, 3.8) is 0 Å². The van der Waals surface area contributed by atoms with Crippen LogP contribution in [-0.4, -0.2) is 11.2 Å². The molecule has 0 saturated heterocycles. The van der Waals surface area contributed by atoms with Crippen LogP contribution in [0, 0.1) is 15.9 Å². The van der Waals surface area contributed by atoms with Gasteiger partial charge >= 0.3 is 0 Å². The highest BCUT2D eigenvalue weighted by molar-refractivity contribution is 6.32. The topological polar surface area (TPSA) is 69.4 Å². The summed E-state index contributed by atoms with van der Waals surface area (Å²) in [6.45, 7) is 0. The zero-order valence-corrected chi connectivity index (χ0v) is 10.6. The average Bonchev–Trinajstić information content (AvgIpc) is 2.40. The molecule has 0 bridgehead atoms. The number of rotatable bonds is 4. The number of carbonyl (C=O) groups is 1. The Balaban J connectivity index is 2.38. The molecule has 2 aromatic carbocycles. The Kier molecular flexibility index (Phi) is 3.95. The van der Waals surface area contributed by atoms with Gasteiger partial charge in [-0.2, -0.15) is 0 Å². The lowest BCUT2D eigenvalue weighted by molar-refractivity contribution is -0.384. The van der Waals surface area contributed by atoms with Gasteiger partial charge in [-0.15, -0.1) is 0 Å². The number of para-hydroxylation sites is 1. The first-order chi connectivity index (χ1) is 9.52. The third-order valence-corrected chi connectivity index (χ3v) is 2.76. The Hall–Kier alpha value is -2.47. The third-order valence-electron chi connectivity index (χ3n) is 2.46. The molecule has 5 nitrogen and oxygen atoms in total. The second-order valence-electron chi connectivity index (χ2n) is 3.75. The van der Waals surface area contributed by atoms with E-state index in [4.69, 9.17) is 16.3 Å². The number of nitrogens with zero attached hydrogens (tertiary/aromatic N) is 1. The molecular formula is C13H7ClFNO4. The summed E-state index contributed by atoms with van der Waals surface area (Å²) in [5, 5.41) is 10.5. The highest BCUT2D eigenvalue weighted by atomic mass is 35.5. The highest BCUT2D eigenvalue weighted by Crippen LogP contribution is 2.32. The van der Waals surface area contributed by atoms with Gasteiger partial charge in [0.15, 0.2) is 17.9 Å². The number of nitro groups is 1. The van der Waals surface area contributed by atoms with Gasteiger partial charge in [-0.05, 0) is 18.2 Å². The molecule has 0 spiro atoms. The molecule has 0 aromatic heterocycles. The molecule has 0 radical (unpaired) electrons. The fraction of sp³-hybridized carbons (Fsp3) is 0. The predicted molar refractivity (Wildman–Crippen MR) is 70.0 cm³/mol. The molecule has 0 unspecified atom stereocenters. The quantitative estimate of drug-likeness (QED) is 0.486. The maximum Gasteiger partial charge on any atom is 0.288 e. The van der Waals surface area contributed by atoms with Crippen molar-refractivity contribution in [1.29, 1.82) is 0 Å². The molecule has 102 valence electrons. The number of hydrogen-bond donors (Lipinski definition) is 0. The van der Waals surface area contributed by atoms with E-state index in [-0.39, 0.29) is 27.8 Å². The van der Waals surface area contributed by atoms with Gasteiger partial charge in [0, 0.05) is 12.1 Å². The van der Waals surface area contributed by atoms with E-state index < -0.39 is 10.7 Å². The molecule has 7 heteroatoms. The normalized spacial score (nSPS) is 10.1. The number of ether oxygens (including phenoxy) is 1. The number of halogens is 2. The Morgan fingerprint density at radius 1 is 1.30 bits per heavy atom. The van der Waals surface area contributed by atoms with Crippen molar-refractivity contribution in [2.24, 2.45) is 0 Å². The van der Waals surface area contributed by atoms with Crippen molar-refractivity contribution in [1.82, 2.24) is 0 Å². The molecule has 20 heavy (non-hydrogen) atoms. The summed E-state index contributed by atoms with van der Waals surface area (Å²) in [6.07, 6.45) is 0.450. The van der Waals surface area contributed by atoms with E-state index in [0.29, 0.717) is 6.29 Å². The van der Waals surface area contributed by atoms with Gasteiger partial charge in [0.05, 0.1) is 10.5 Å². The lowest BCUT2D eigenvalue weighted by atomic mass is 10.2. The summed E-state index contributed by atoms with van der Waals surface area (Å²) >= 11 is 5.72. The predicted octanol–water partition coefficient (Wildman–Crippen LogP) is 3.99. The summed E-state index contributed by atoms with van der Waals surface area (Å²) in [5.41, 5.74) is -0.261.